The number of fused-ring (bicyclic) bond motifs is 1. The van der Waals surface area contributed by atoms with Gasteiger partial charge < -0.3 is 10.2 Å². The third-order valence-corrected chi connectivity index (χ3v) is 3.75. The van der Waals surface area contributed by atoms with Crippen molar-refractivity contribution in [3.63, 3.8) is 0 Å². The smallest absolute Gasteiger partial charge is 0.0906 e. The van der Waals surface area contributed by atoms with E-state index in [4.69, 9.17) is 0 Å². The molecule has 12 heavy (non-hydrogen) atoms. The lowest BCUT2D eigenvalue weighted by molar-refractivity contribution is -0.0685. The van der Waals surface area contributed by atoms with Crippen LogP contribution in [0.1, 0.15) is 32.6 Å². The molecule has 0 bridgehead atoms. The van der Waals surface area contributed by atoms with Gasteiger partial charge in [-0.15, -0.1) is 0 Å². The first kappa shape index (κ1) is 8.27. The summed E-state index contributed by atoms with van der Waals surface area (Å²) in [5, 5.41) is 19.9. The van der Waals surface area contributed by atoms with Crippen LogP contribution in [0.2, 0.25) is 0 Å². The van der Waals surface area contributed by atoms with Crippen LogP contribution in [0.4, 0.5) is 0 Å². The van der Waals surface area contributed by atoms with Gasteiger partial charge in [-0.25, -0.2) is 0 Å². The van der Waals surface area contributed by atoms with Gasteiger partial charge in [0.05, 0.1) is 11.7 Å². The zero-order valence-electron chi connectivity index (χ0n) is 7.45. The fourth-order valence-corrected chi connectivity index (χ4v) is 2.57. The lowest BCUT2D eigenvalue weighted by atomic mass is 9.68. The monoisotopic (exact) mass is 168 g/mol. The molecular weight excluding hydrogens is 152 g/mol. The van der Waals surface area contributed by atoms with Crippen molar-refractivity contribution in [2.24, 2.45) is 5.41 Å². The average molecular weight is 168 g/mol. The van der Waals surface area contributed by atoms with Crippen molar-refractivity contribution < 1.29 is 10.2 Å². The first-order chi connectivity index (χ1) is 5.58. The van der Waals surface area contributed by atoms with E-state index >= 15 is 0 Å². The summed E-state index contributed by atoms with van der Waals surface area (Å²) in [5.41, 5.74) is -1.02. The van der Waals surface area contributed by atoms with Crippen LogP contribution in [0.5, 0.6) is 0 Å². The van der Waals surface area contributed by atoms with Gasteiger partial charge in [0.2, 0.25) is 0 Å². The predicted molar refractivity (Wildman–Crippen MR) is 46.7 cm³/mol. The second-order valence-electron chi connectivity index (χ2n) is 4.34. The van der Waals surface area contributed by atoms with Gasteiger partial charge in [0.25, 0.3) is 0 Å². The van der Waals surface area contributed by atoms with Crippen molar-refractivity contribution in [3.05, 3.63) is 12.2 Å². The van der Waals surface area contributed by atoms with Gasteiger partial charge in [0, 0.05) is 5.41 Å². The SMILES string of the molecule is CC12CCC=CC1(O)CCC2O. The van der Waals surface area contributed by atoms with Crippen molar-refractivity contribution in [2.75, 3.05) is 0 Å². The Kier molecular flexibility index (Phi) is 1.61. The van der Waals surface area contributed by atoms with E-state index in [1.807, 2.05) is 19.1 Å². The molecule has 0 aliphatic heterocycles. The molecule has 1 saturated carbocycles. The quantitative estimate of drug-likeness (QED) is 0.534. The maximum Gasteiger partial charge on any atom is 0.0906 e. The van der Waals surface area contributed by atoms with E-state index in [0.717, 1.165) is 19.3 Å². The Morgan fingerprint density at radius 3 is 2.83 bits per heavy atom. The highest BCUT2D eigenvalue weighted by molar-refractivity contribution is 5.19. The summed E-state index contributed by atoms with van der Waals surface area (Å²) in [6.07, 6.45) is 6.91. The zero-order chi connectivity index (χ0) is 8.82. The molecule has 2 aliphatic rings. The van der Waals surface area contributed by atoms with Crippen LogP contribution in [-0.4, -0.2) is 21.9 Å². The molecule has 2 rings (SSSR count). The van der Waals surface area contributed by atoms with Gasteiger partial charge in [-0.2, -0.15) is 0 Å². The molecule has 0 spiro atoms. The average Bonchev–Trinajstić information content (AvgIpc) is 2.28. The van der Waals surface area contributed by atoms with E-state index in [1.54, 1.807) is 0 Å². The second-order valence-corrected chi connectivity index (χ2v) is 4.34. The van der Waals surface area contributed by atoms with Crippen molar-refractivity contribution in [2.45, 2.75) is 44.3 Å². The highest BCUT2D eigenvalue weighted by Crippen LogP contribution is 2.52. The standard InChI is InChI=1S/C10H16O2/c1-9-5-2-3-6-10(9,12)7-4-8(9)11/h3,6,8,11-12H,2,4-5,7H2,1H3. The van der Waals surface area contributed by atoms with E-state index in [9.17, 15) is 10.2 Å². The van der Waals surface area contributed by atoms with Crippen molar-refractivity contribution in [1.82, 2.24) is 0 Å². The molecule has 0 aromatic heterocycles. The molecule has 0 saturated heterocycles. The summed E-state index contributed by atoms with van der Waals surface area (Å²) in [5.74, 6) is 0. The lowest BCUT2D eigenvalue weighted by Crippen LogP contribution is -2.46. The highest BCUT2D eigenvalue weighted by atomic mass is 16.3. The van der Waals surface area contributed by atoms with Crippen molar-refractivity contribution in [1.29, 1.82) is 0 Å². The number of aliphatic hydroxyl groups excluding tert-OH is 1. The van der Waals surface area contributed by atoms with Crippen LogP contribution in [0.3, 0.4) is 0 Å². The molecule has 3 atom stereocenters. The van der Waals surface area contributed by atoms with Crippen LogP contribution in [0, 0.1) is 5.41 Å². The molecular formula is C10H16O2. The third kappa shape index (κ3) is 0.824. The van der Waals surface area contributed by atoms with E-state index in [2.05, 4.69) is 0 Å². The van der Waals surface area contributed by atoms with Crippen LogP contribution in [0.25, 0.3) is 0 Å². The number of hydrogen-bond acceptors (Lipinski definition) is 2. The Bertz CT molecular complexity index is 224. The number of rotatable bonds is 0. The molecule has 0 aromatic rings. The van der Waals surface area contributed by atoms with E-state index in [1.165, 1.54) is 0 Å². The van der Waals surface area contributed by atoms with Gasteiger partial charge in [-0.05, 0) is 25.7 Å². The summed E-state index contributed by atoms with van der Waals surface area (Å²) >= 11 is 0. The number of aliphatic hydroxyl groups is 2. The molecule has 2 N–H and O–H groups in total. The molecule has 2 heteroatoms. The Morgan fingerprint density at radius 2 is 2.17 bits per heavy atom. The van der Waals surface area contributed by atoms with Crippen LogP contribution in [-0.2, 0) is 0 Å². The van der Waals surface area contributed by atoms with Gasteiger partial charge in [-0.3, -0.25) is 0 Å². The highest BCUT2D eigenvalue weighted by Gasteiger charge is 2.55. The van der Waals surface area contributed by atoms with Crippen LogP contribution < -0.4 is 0 Å². The van der Waals surface area contributed by atoms with E-state index in [0.29, 0.717) is 6.42 Å². The molecule has 3 unspecified atom stereocenters. The van der Waals surface area contributed by atoms with Gasteiger partial charge in [0.1, 0.15) is 0 Å². The molecule has 2 aliphatic carbocycles. The summed E-state index contributed by atoms with van der Waals surface area (Å²) in [7, 11) is 0. The summed E-state index contributed by atoms with van der Waals surface area (Å²) in [6, 6.07) is 0. The molecule has 0 radical (unpaired) electrons. The summed E-state index contributed by atoms with van der Waals surface area (Å²) in [4.78, 5) is 0. The fraction of sp³-hybridized carbons (Fsp3) is 0.800. The predicted octanol–water partition coefficient (Wildman–Crippen LogP) is 1.23. The minimum atomic E-state index is -0.731. The number of hydrogen-bond donors (Lipinski definition) is 2. The van der Waals surface area contributed by atoms with Crippen LogP contribution in [0.15, 0.2) is 12.2 Å². The maximum absolute atomic E-state index is 10.2. The fourth-order valence-electron chi connectivity index (χ4n) is 2.57. The van der Waals surface area contributed by atoms with Gasteiger partial charge in [0.15, 0.2) is 0 Å². The Hall–Kier alpha value is -0.340. The Morgan fingerprint density at radius 1 is 1.42 bits per heavy atom. The minimum Gasteiger partial charge on any atom is -0.392 e. The second kappa shape index (κ2) is 2.33. The van der Waals surface area contributed by atoms with Gasteiger partial charge >= 0.3 is 0 Å². The molecule has 0 heterocycles. The largest absolute Gasteiger partial charge is 0.392 e. The summed E-state index contributed by atoms with van der Waals surface area (Å²) in [6.45, 7) is 1.99. The Balaban J connectivity index is 2.39. The van der Waals surface area contributed by atoms with Crippen molar-refractivity contribution in [3.8, 4) is 0 Å². The summed E-state index contributed by atoms with van der Waals surface area (Å²) < 4.78 is 0. The van der Waals surface area contributed by atoms with E-state index < -0.39 is 5.60 Å². The Labute approximate surface area is 72.9 Å². The molecule has 0 amide bonds. The zero-order valence-corrected chi connectivity index (χ0v) is 7.45. The van der Waals surface area contributed by atoms with Gasteiger partial charge in [-0.1, -0.05) is 19.1 Å². The molecule has 68 valence electrons. The lowest BCUT2D eigenvalue weighted by Gasteiger charge is -2.42. The van der Waals surface area contributed by atoms with Crippen molar-refractivity contribution >= 4 is 0 Å². The topological polar surface area (TPSA) is 40.5 Å². The first-order valence-corrected chi connectivity index (χ1v) is 4.67. The molecule has 2 nitrogen and oxygen atoms in total. The normalized spacial score (nSPS) is 52.4. The van der Waals surface area contributed by atoms with E-state index in [-0.39, 0.29) is 11.5 Å². The first-order valence-electron chi connectivity index (χ1n) is 4.67. The van der Waals surface area contributed by atoms with Crippen LogP contribution >= 0.6 is 0 Å². The number of allylic oxidation sites excluding steroid dienone is 1. The maximum atomic E-state index is 10.2. The minimum absolute atomic E-state index is 0.290. The third-order valence-electron chi connectivity index (χ3n) is 3.75. The molecule has 1 fully saturated rings. The molecule has 0 aromatic carbocycles.